The van der Waals surface area contributed by atoms with Crippen LogP contribution in [-0.2, 0) is 9.47 Å². The van der Waals surface area contributed by atoms with Crippen LogP contribution in [0, 0.1) is 5.41 Å². The van der Waals surface area contributed by atoms with E-state index in [0.29, 0.717) is 29.8 Å². The molecule has 0 heterocycles. The van der Waals surface area contributed by atoms with Crippen molar-refractivity contribution in [2.45, 2.75) is 89.1 Å². The van der Waals surface area contributed by atoms with Gasteiger partial charge in [-0.3, -0.25) is 0 Å². The molecule has 0 radical (unpaired) electrons. The first kappa shape index (κ1) is 14.8. The second-order valence-electron chi connectivity index (χ2n) is 7.06. The van der Waals surface area contributed by atoms with E-state index in [9.17, 15) is 0 Å². The highest BCUT2D eigenvalue weighted by atomic mass is 16.5. The van der Waals surface area contributed by atoms with Gasteiger partial charge in [-0.15, -0.1) is 0 Å². The van der Waals surface area contributed by atoms with Crippen molar-refractivity contribution in [2.24, 2.45) is 5.41 Å². The Morgan fingerprint density at radius 3 is 2.50 bits per heavy atom. The lowest BCUT2D eigenvalue weighted by molar-refractivity contribution is -0.174. The Hall–Kier alpha value is -0.120. The molecular weight excluding hydrogens is 250 g/mol. The number of ether oxygens (including phenoxy) is 2. The van der Waals surface area contributed by atoms with Crippen LogP contribution in [0.25, 0.3) is 0 Å². The van der Waals surface area contributed by atoms with E-state index in [-0.39, 0.29) is 0 Å². The monoisotopic (exact) mass is 281 g/mol. The first-order valence-corrected chi connectivity index (χ1v) is 8.70. The summed E-state index contributed by atoms with van der Waals surface area (Å²) in [4.78, 5) is 0. The smallest absolute Gasteiger partial charge is 0.0665 e. The summed E-state index contributed by atoms with van der Waals surface area (Å²) in [5.41, 5.74) is 0.468. The second kappa shape index (κ2) is 6.33. The van der Waals surface area contributed by atoms with Crippen LogP contribution >= 0.6 is 0 Å². The molecule has 1 spiro atoms. The molecule has 4 unspecified atom stereocenters. The van der Waals surface area contributed by atoms with Crippen molar-refractivity contribution in [3.05, 3.63) is 0 Å². The normalized spacial score (nSPS) is 39.9. The molecule has 0 amide bonds. The number of nitrogens with one attached hydrogen (secondary N) is 1. The molecule has 116 valence electrons. The molecule has 0 aromatic heterocycles. The van der Waals surface area contributed by atoms with E-state index in [1.165, 1.54) is 51.4 Å². The van der Waals surface area contributed by atoms with Crippen LogP contribution in [0.2, 0.25) is 0 Å². The topological polar surface area (TPSA) is 30.5 Å². The molecule has 4 atom stereocenters. The van der Waals surface area contributed by atoms with Crippen LogP contribution in [0.1, 0.15) is 64.7 Å². The number of rotatable bonds is 5. The zero-order valence-corrected chi connectivity index (χ0v) is 13.2. The van der Waals surface area contributed by atoms with Gasteiger partial charge in [-0.25, -0.2) is 0 Å². The number of hydrogen-bond donors (Lipinski definition) is 1. The highest BCUT2D eigenvalue weighted by Gasteiger charge is 2.56. The van der Waals surface area contributed by atoms with Crippen molar-refractivity contribution >= 4 is 0 Å². The van der Waals surface area contributed by atoms with Crippen molar-refractivity contribution in [2.75, 3.05) is 13.7 Å². The molecule has 3 aliphatic carbocycles. The van der Waals surface area contributed by atoms with Gasteiger partial charge in [-0.2, -0.15) is 0 Å². The Morgan fingerprint density at radius 2 is 1.80 bits per heavy atom. The molecule has 3 heteroatoms. The molecule has 0 aromatic carbocycles. The minimum Gasteiger partial charge on any atom is -0.381 e. The molecule has 0 bridgehead atoms. The van der Waals surface area contributed by atoms with Crippen molar-refractivity contribution in [1.82, 2.24) is 5.32 Å². The van der Waals surface area contributed by atoms with Crippen molar-refractivity contribution in [3.8, 4) is 0 Å². The summed E-state index contributed by atoms with van der Waals surface area (Å²) in [5.74, 6) is 0. The zero-order valence-electron chi connectivity index (χ0n) is 13.2. The number of hydrogen-bond acceptors (Lipinski definition) is 3. The van der Waals surface area contributed by atoms with Crippen molar-refractivity contribution in [1.29, 1.82) is 0 Å². The maximum absolute atomic E-state index is 6.55. The van der Waals surface area contributed by atoms with E-state index in [4.69, 9.17) is 9.47 Å². The molecule has 0 aliphatic heterocycles. The zero-order chi connectivity index (χ0) is 14.0. The van der Waals surface area contributed by atoms with Gasteiger partial charge in [0, 0.05) is 18.6 Å². The van der Waals surface area contributed by atoms with Crippen LogP contribution in [-0.4, -0.2) is 38.0 Å². The Bertz CT molecular complexity index is 314. The van der Waals surface area contributed by atoms with Gasteiger partial charge in [0.25, 0.3) is 0 Å². The molecule has 3 aliphatic rings. The molecule has 3 saturated carbocycles. The summed E-state index contributed by atoms with van der Waals surface area (Å²) < 4.78 is 12.1. The van der Waals surface area contributed by atoms with Gasteiger partial charge in [0.05, 0.1) is 18.3 Å². The minimum atomic E-state index is 0.429. The van der Waals surface area contributed by atoms with Crippen molar-refractivity contribution < 1.29 is 9.47 Å². The van der Waals surface area contributed by atoms with Crippen molar-refractivity contribution in [3.63, 3.8) is 0 Å². The molecule has 3 fully saturated rings. The second-order valence-corrected chi connectivity index (χ2v) is 7.06. The standard InChI is InChI=1S/C17H31NO2/c1-3-18-15-12-16(17(15)9-4-5-10-17)20-14-8-6-7-13(11-14)19-2/h13-16,18H,3-12H2,1-2H3. The third-order valence-corrected chi connectivity index (χ3v) is 6.04. The summed E-state index contributed by atoms with van der Waals surface area (Å²) in [6.45, 7) is 3.31. The molecular formula is C17H31NO2. The van der Waals surface area contributed by atoms with Crippen LogP contribution in [0.4, 0.5) is 0 Å². The Morgan fingerprint density at radius 1 is 1.05 bits per heavy atom. The maximum Gasteiger partial charge on any atom is 0.0665 e. The Balaban J connectivity index is 1.57. The van der Waals surface area contributed by atoms with Gasteiger partial charge in [0.15, 0.2) is 0 Å². The predicted molar refractivity (Wildman–Crippen MR) is 80.9 cm³/mol. The van der Waals surface area contributed by atoms with E-state index in [1.807, 2.05) is 7.11 Å². The minimum absolute atomic E-state index is 0.429. The van der Waals surface area contributed by atoms with Gasteiger partial charge in [0.2, 0.25) is 0 Å². The largest absolute Gasteiger partial charge is 0.381 e. The molecule has 1 N–H and O–H groups in total. The average molecular weight is 281 g/mol. The van der Waals surface area contributed by atoms with Gasteiger partial charge in [0.1, 0.15) is 0 Å². The lowest BCUT2D eigenvalue weighted by Crippen LogP contribution is -2.63. The predicted octanol–water partition coefficient (Wildman–Crippen LogP) is 3.27. The summed E-state index contributed by atoms with van der Waals surface area (Å²) >= 11 is 0. The fraction of sp³-hybridized carbons (Fsp3) is 1.00. The summed E-state index contributed by atoms with van der Waals surface area (Å²) in [6.07, 6.45) is 13.0. The highest BCUT2D eigenvalue weighted by molar-refractivity contribution is 5.10. The molecule has 20 heavy (non-hydrogen) atoms. The quantitative estimate of drug-likeness (QED) is 0.839. The first-order chi connectivity index (χ1) is 9.78. The highest BCUT2D eigenvalue weighted by Crippen LogP contribution is 2.55. The third kappa shape index (κ3) is 2.65. The van der Waals surface area contributed by atoms with Gasteiger partial charge in [-0.05, 0) is 51.5 Å². The Labute approximate surface area is 123 Å². The van der Waals surface area contributed by atoms with Gasteiger partial charge >= 0.3 is 0 Å². The van der Waals surface area contributed by atoms with Gasteiger partial charge in [-0.1, -0.05) is 19.8 Å². The SMILES string of the molecule is CCNC1CC(OC2CCCC(OC)C2)C12CCCC2. The van der Waals surface area contributed by atoms with E-state index < -0.39 is 0 Å². The molecule has 3 nitrogen and oxygen atoms in total. The van der Waals surface area contributed by atoms with Crippen LogP contribution in [0.15, 0.2) is 0 Å². The molecule has 0 aromatic rings. The Kier molecular flexibility index (Phi) is 4.68. The fourth-order valence-electron chi connectivity index (χ4n) is 4.85. The summed E-state index contributed by atoms with van der Waals surface area (Å²) in [7, 11) is 1.84. The van der Waals surface area contributed by atoms with Crippen LogP contribution < -0.4 is 5.32 Å². The average Bonchev–Trinajstić information content (AvgIpc) is 2.99. The summed E-state index contributed by atoms with van der Waals surface area (Å²) in [6, 6.07) is 0.710. The molecule has 0 saturated heterocycles. The third-order valence-electron chi connectivity index (χ3n) is 6.04. The lowest BCUT2D eigenvalue weighted by Gasteiger charge is -2.55. The van der Waals surface area contributed by atoms with Crippen LogP contribution in [0.5, 0.6) is 0 Å². The first-order valence-electron chi connectivity index (χ1n) is 8.70. The van der Waals surface area contributed by atoms with E-state index in [0.717, 1.165) is 13.0 Å². The van der Waals surface area contributed by atoms with E-state index in [2.05, 4.69) is 12.2 Å². The van der Waals surface area contributed by atoms with E-state index in [1.54, 1.807) is 0 Å². The number of methoxy groups -OCH3 is 1. The van der Waals surface area contributed by atoms with E-state index >= 15 is 0 Å². The lowest BCUT2D eigenvalue weighted by atomic mass is 9.60. The molecule has 3 rings (SSSR count). The summed E-state index contributed by atoms with van der Waals surface area (Å²) in [5, 5.41) is 3.70. The van der Waals surface area contributed by atoms with Gasteiger partial charge < -0.3 is 14.8 Å². The maximum atomic E-state index is 6.55. The fourth-order valence-corrected chi connectivity index (χ4v) is 4.85. The van der Waals surface area contributed by atoms with Crippen LogP contribution in [0.3, 0.4) is 0 Å².